The molecule has 156 valence electrons. The molecule has 1 heterocycles. The van der Waals surface area contributed by atoms with Gasteiger partial charge in [-0.2, -0.15) is 0 Å². The van der Waals surface area contributed by atoms with E-state index in [1.54, 1.807) is 35.7 Å². The topological polar surface area (TPSA) is 83.8 Å². The summed E-state index contributed by atoms with van der Waals surface area (Å²) in [7, 11) is 0. The molecule has 1 fully saturated rings. The van der Waals surface area contributed by atoms with E-state index in [1.165, 1.54) is 5.56 Å². The van der Waals surface area contributed by atoms with Gasteiger partial charge in [0.05, 0.1) is 16.8 Å². The molecule has 7 heteroatoms. The molecule has 0 unspecified atom stereocenters. The highest BCUT2D eigenvalue weighted by Gasteiger charge is 2.35. The molecule has 2 N–H and O–H groups in total. The van der Waals surface area contributed by atoms with Crippen LogP contribution in [0.2, 0.25) is 0 Å². The molecule has 1 aromatic carbocycles. The fourth-order valence-corrected chi connectivity index (χ4v) is 6.26. The van der Waals surface area contributed by atoms with Crippen molar-refractivity contribution >= 4 is 35.3 Å². The van der Waals surface area contributed by atoms with Crippen molar-refractivity contribution in [1.29, 1.82) is 0 Å². The number of thioether (sulfide) groups is 2. The molecule has 1 aliphatic heterocycles. The highest BCUT2D eigenvalue weighted by molar-refractivity contribution is 8.18. The number of aryl methyl sites for hydroxylation is 1. The van der Waals surface area contributed by atoms with Gasteiger partial charge in [0.15, 0.2) is 0 Å². The van der Waals surface area contributed by atoms with Crippen molar-refractivity contribution in [2.24, 2.45) is 0 Å². The zero-order chi connectivity index (χ0) is 20.4. The molecule has 1 aliphatic rings. The second kappa shape index (κ2) is 11.7. The summed E-state index contributed by atoms with van der Waals surface area (Å²) >= 11 is 3.56. The molecule has 0 radical (unpaired) electrons. The Kier molecular flexibility index (Phi) is 9.68. The fourth-order valence-electron chi connectivity index (χ4n) is 3.07. The quantitative estimate of drug-likeness (QED) is 0.409. The van der Waals surface area contributed by atoms with Crippen molar-refractivity contribution < 1.29 is 24.5 Å². The van der Waals surface area contributed by atoms with Crippen molar-refractivity contribution in [3.63, 3.8) is 0 Å². The van der Waals surface area contributed by atoms with Crippen LogP contribution < -0.4 is 0 Å². The number of esters is 1. The number of Topliss-reactive ketones (excluding diaryl/α,β-unsaturated/α-hetero) is 1. The van der Waals surface area contributed by atoms with Crippen molar-refractivity contribution in [3.8, 4) is 5.75 Å². The van der Waals surface area contributed by atoms with Crippen LogP contribution in [0.1, 0.15) is 51.0 Å². The van der Waals surface area contributed by atoms with E-state index in [2.05, 4.69) is 0 Å². The number of carbonyl (C=O) groups is 2. The van der Waals surface area contributed by atoms with E-state index in [0.29, 0.717) is 24.5 Å². The summed E-state index contributed by atoms with van der Waals surface area (Å²) in [5, 5.41) is 19.3. The molecule has 28 heavy (non-hydrogen) atoms. The maximum absolute atomic E-state index is 12.0. The second-order valence-electron chi connectivity index (χ2n) is 7.14. The lowest BCUT2D eigenvalue weighted by atomic mass is 10.0. The van der Waals surface area contributed by atoms with E-state index >= 15 is 0 Å². The highest BCUT2D eigenvalue weighted by Crippen LogP contribution is 2.49. The number of benzene rings is 1. The normalized spacial score (nSPS) is 22.0. The van der Waals surface area contributed by atoms with Crippen LogP contribution >= 0.6 is 23.5 Å². The van der Waals surface area contributed by atoms with Crippen LogP contribution in [-0.2, 0) is 20.7 Å². The number of ketones is 1. The molecule has 0 amide bonds. The van der Waals surface area contributed by atoms with Crippen LogP contribution in [-0.4, -0.2) is 50.3 Å². The first-order valence-electron chi connectivity index (χ1n) is 9.83. The predicted molar refractivity (Wildman–Crippen MR) is 115 cm³/mol. The number of aliphatic hydroxyl groups is 1. The Morgan fingerprint density at radius 3 is 2.50 bits per heavy atom. The molecule has 1 aromatic rings. The van der Waals surface area contributed by atoms with Gasteiger partial charge in [0, 0.05) is 17.9 Å². The van der Waals surface area contributed by atoms with Crippen LogP contribution in [0.4, 0.5) is 0 Å². The van der Waals surface area contributed by atoms with Gasteiger partial charge in [-0.1, -0.05) is 19.1 Å². The Morgan fingerprint density at radius 2 is 1.86 bits per heavy atom. The van der Waals surface area contributed by atoms with Crippen LogP contribution in [0.5, 0.6) is 5.75 Å². The zero-order valence-electron chi connectivity index (χ0n) is 16.4. The Hall–Kier alpha value is -1.18. The van der Waals surface area contributed by atoms with E-state index in [0.717, 1.165) is 32.1 Å². The second-order valence-corrected chi connectivity index (χ2v) is 10.2. The minimum atomic E-state index is -0.432. The van der Waals surface area contributed by atoms with Gasteiger partial charge < -0.3 is 14.9 Å². The maximum Gasteiger partial charge on any atom is 0.313 e. The van der Waals surface area contributed by atoms with Crippen molar-refractivity contribution in [2.75, 3.05) is 18.1 Å². The monoisotopic (exact) mass is 426 g/mol. The Balaban J connectivity index is 1.83. The van der Waals surface area contributed by atoms with E-state index < -0.39 is 5.97 Å². The predicted octanol–water partition coefficient (Wildman–Crippen LogP) is 3.94. The number of aliphatic hydroxyl groups excluding tert-OH is 1. The summed E-state index contributed by atoms with van der Waals surface area (Å²) in [6.45, 7) is 2.28. The summed E-state index contributed by atoms with van der Waals surface area (Å²) < 4.78 is 4.94. The molecule has 0 saturated carbocycles. The molecule has 0 atom stereocenters. The number of aromatic hydroxyl groups is 1. The molecule has 0 bridgehead atoms. The highest BCUT2D eigenvalue weighted by atomic mass is 32.2. The third kappa shape index (κ3) is 8.05. The number of rotatable bonds is 11. The van der Waals surface area contributed by atoms with Gasteiger partial charge in [0.25, 0.3) is 0 Å². The van der Waals surface area contributed by atoms with Gasteiger partial charge >= 0.3 is 5.97 Å². The third-order valence-corrected chi connectivity index (χ3v) is 8.31. The van der Waals surface area contributed by atoms with Crippen LogP contribution in [0, 0.1) is 0 Å². The zero-order valence-corrected chi connectivity index (χ0v) is 18.0. The average molecular weight is 427 g/mol. The average Bonchev–Trinajstić information content (AvgIpc) is 2.68. The van der Waals surface area contributed by atoms with Crippen molar-refractivity contribution in [2.45, 2.75) is 62.1 Å². The first-order chi connectivity index (χ1) is 13.4. The number of phenols is 1. The smallest absolute Gasteiger partial charge is 0.313 e. The van der Waals surface area contributed by atoms with E-state index in [9.17, 15) is 19.8 Å². The van der Waals surface area contributed by atoms with Crippen molar-refractivity contribution in [1.82, 2.24) is 0 Å². The van der Waals surface area contributed by atoms with Crippen LogP contribution in [0.25, 0.3) is 0 Å². The molecule has 0 spiro atoms. The molecule has 5 nitrogen and oxygen atoms in total. The van der Waals surface area contributed by atoms with Gasteiger partial charge in [-0.05, 0) is 49.8 Å². The first kappa shape index (κ1) is 23.1. The Morgan fingerprint density at radius 1 is 1.18 bits per heavy atom. The Bertz CT molecular complexity index is 624. The molecular formula is C21H30O5S2. The van der Waals surface area contributed by atoms with Gasteiger partial charge in [0.1, 0.15) is 18.0 Å². The van der Waals surface area contributed by atoms with Crippen LogP contribution in [0.15, 0.2) is 24.3 Å². The van der Waals surface area contributed by atoms with Gasteiger partial charge in [-0.3, -0.25) is 9.59 Å². The minimum absolute atomic E-state index is 0.0277. The fraction of sp³-hybridized carbons (Fsp3) is 0.619. The number of ether oxygens (including phenoxy) is 1. The Labute approximate surface area is 175 Å². The summed E-state index contributed by atoms with van der Waals surface area (Å²) in [5.74, 6) is 1.18. The summed E-state index contributed by atoms with van der Waals surface area (Å²) in [4.78, 5) is 23.6. The van der Waals surface area contributed by atoms with Crippen molar-refractivity contribution in [3.05, 3.63) is 29.8 Å². The molecule has 1 saturated heterocycles. The largest absolute Gasteiger partial charge is 0.508 e. The maximum atomic E-state index is 12.0. The summed E-state index contributed by atoms with van der Waals surface area (Å²) in [6, 6.07) is 7.26. The molecule has 0 aromatic heterocycles. The van der Waals surface area contributed by atoms with Gasteiger partial charge in [0.2, 0.25) is 0 Å². The number of hydrogen-bond acceptors (Lipinski definition) is 7. The lowest BCUT2D eigenvalue weighted by Crippen LogP contribution is -2.33. The van der Waals surface area contributed by atoms with E-state index in [4.69, 9.17) is 4.74 Å². The SMILES string of the molecule is CCCOC(=O)CC(=O)CCCC1(CCc2ccc(O)cc2)SCC(O)CS1. The number of hydrogen-bond donors (Lipinski definition) is 2. The van der Waals surface area contributed by atoms with Gasteiger partial charge in [-0.15, -0.1) is 23.5 Å². The lowest BCUT2D eigenvalue weighted by Gasteiger charge is -2.38. The molecule has 2 rings (SSSR count). The van der Waals surface area contributed by atoms with Crippen LogP contribution in [0.3, 0.4) is 0 Å². The number of phenolic OH excluding ortho intramolecular Hbond substituents is 1. The minimum Gasteiger partial charge on any atom is -0.508 e. The molecular weight excluding hydrogens is 396 g/mol. The third-order valence-electron chi connectivity index (χ3n) is 4.63. The number of carbonyl (C=O) groups excluding carboxylic acids is 2. The molecule has 0 aliphatic carbocycles. The van der Waals surface area contributed by atoms with E-state index in [-0.39, 0.29) is 28.1 Å². The summed E-state index contributed by atoms with van der Waals surface area (Å²) in [5.41, 5.74) is 1.17. The van der Waals surface area contributed by atoms with Gasteiger partial charge in [-0.25, -0.2) is 0 Å². The summed E-state index contributed by atoms with van der Waals surface area (Å²) in [6.07, 6.45) is 4.12. The lowest BCUT2D eigenvalue weighted by molar-refractivity contribution is -0.146. The first-order valence-corrected chi connectivity index (χ1v) is 11.8. The standard InChI is InChI=1S/C21H30O5S2/c1-2-12-26-20(25)13-18(23)4-3-10-21(27-14-19(24)15-28-21)11-9-16-5-7-17(22)8-6-16/h5-8,19,22,24H,2-4,9-15H2,1H3. The van der Waals surface area contributed by atoms with E-state index in [1.807, 2.05) is 19.1 Å².